The summed E-state index contributed by atoms with van der Waals surface area (Å²) in [5.74, 6) is 0.695. The summed E-state index contributed by atoms with van der Waals surface area (Å²) >= 11 is 5.49. The Morgan fingerprint density at radius 2 is 2.06 bits per heavy atom. The molecule has 1 aromatic rings. The van der Waals surface area contributed by atoms with Crippen LogP contribution < -0.4 is 5.32 Å². The Labute approximate surface area is 118 Å². The van der Waals surface area contributed by atoms with Crippen molar-refractivity contribution in [1.82, 2.24) is 5.32 Å². The van der Waals surface area contributed by atoms with Crippen molar-refractivity contribution in [2.45, 2.75) is 47.1 Å². The summed E-state index contributed by atoms with van der Waals surface area (Å²) < 4.78 is 1.24. The Morgan fingerprint density at radius 3 is 2.47 bits per heavy atom. The van der Waals surface area contributed by atoms with E-state index in [0.29, 0.717) is 17.4 Å². The van der Waals surface area contributed by atoms with E-state index in [1.807, 2.05) is 11.3 Å². The quantitative estimate of drug-likeness (QED) is 0.783. The normalized spacial score (nSPS) is 15.9. The van der Waals surface area contributed by atoms with Crippen molar-refractivity contribution in [3.63, 3.8) is 0 Å². The predicted octanol–water partition coefficient (Wildman–Crippen LogP) is 5.23. The first-order valence-electron chi connectivity index (χ1n) is 6.32. The molecule has 0 saturated heterocycles. The molecular weight excluding hydrogens is 294 g/mol. The second kappa shape index (κ2) is 6.35. The van der Waals surface area contributed by atoms with Crippen molar-refractivity contribution in [1.29, 1.82) is 0 Å². The molecule has 0 spiro atoms. The Kier molecular flexibility index (Phi) is 5.68. The van der Waals surface area contributed by atoms with E-state index in [4.69, 9.17) is 0 Å². The maximum atomic E-state index is 3.65. The van der Waals surface area contributed by atoms with Gasteiger partial charge in [-0.05, 0) is 51.7 Å². The van der Waals surface area contributed by atoms with E-state index >= 15 is 0 Å². The average molecular weight is 318 g/mol. The van der Waals surface area contributed by atoms with Crippen molar-refractivity contribution < 1.29 is 0 Å². The fraction of sp³-hybridized carbons (Fsp3) is 0.714. The summed E-state index contributed by atoms with van der Waals surface area (Å²) in [6.07, 6.45) is 1.19. The summed E-state index contributed by atoms with van der Waals surface area (Å²) in [6, 6.07) is 2.62. The van der Waals surface area contributed by atoms with E-state index < -0.39 is 0 Å². The minimum atomic E-state index is 0.372. The van der Waals surface area contributed by atoms with Crippen LogP contribution in [0.2, 0.25) is 0 Å². The summed E-state index contributed by atoms with van der Waals surface area (Å²) in [7, 11) is 0. The lowest BCUT2D eigenvalue weighted by Gasteiger charge is -2.31. The summed E-state index contributed by atoms with van der Waals surface area (Å²) in [6.45, 7) is 12.5. The van der Waals surface area contributed by atoms with Crippen LogP contribution >= 0.6 is 27.3 Å². The standard InChI is InChI=1S/C14H24BrNS/c1-6-16-12(9-10(2)14(3,4)5)13-11(15)7-8-17-13/h7-8,10,12,16H,6,9H2,1-5H3. The van der Waals surface area contributed by atoms with E-state index in [0.717, 1.165) is 6.54 Å². The van der Waals surface area contributed by atoms with Crippen LogP contribution in [0.3, 0.4) is 0 Å². The van der Waals surface area contributed by atoms with E-state index in [1.54, 1.807) is 0 Å². The molecule has 0 aliphatic heterocycles. The largest absolute Gasteiger partial charge is 0.309 e. The predicted molar refractivity (Wildman–Crippen MR) is 81.7 cm³/mol. The molecule has 0 amide bonds. The third kappa shape index (κ3) is 4.38. The molecule has 0 radical (unpaired) electrons. The van der Waals surface area contributed by atoms with Gasteiger partial charge in [0.2, 0.25) is 0 Å². The molecule has 1 nitrogen and oxygen atoms in total. The molecule has 17 heavy (non-hydrogen) atoms. The van der Waals surface area contributed by atoms with Crippen LogP contribution in [0.5, 0.6) is 0 Å². The zero-order valence-corrected chi connectivity index (χ0v) is 13.9. The lowest BCUT2D eigenvalue weighted by Crippen LogP contribution is -2.27. The number of nitrogens with one attached hydrogen (secondary N) is 1. The number of hydrogen-bond acceptors (Lipinski definition) is 2. The Hall–Kier alpha value is 0.140. The second-order valence-corrected chi connectivity index (χ2v) is 7.55. The third-order valence-electron chi connectivity index (χ3n) is 3.48. The second-order valence-electron chi connectivity index (χ2n) is 5.75. The van der Waals surface area contributed by atoms with Gasteiger partial charge in [-0.1, -0.05) is 34.6 Å². The minimum Gasteiger partial charge on any atom is -0.309 e. The molecule has 1 N–H and O–H groups in total. The minimum absolute atomic E-state index is 0.372. The molecule has 2 atom stereocenters. The van der Waals surface area contributed by atoms with Crippen LogP contribution in [0.25, 0.3) is 0 Å². The Balaban J connectivity index is 2.78. The molecular formula is C14H24BrNS. The van der Waals surface area contributed by atoms with E-state index in [2.05, 4.69) is 67.3 Å². The maximum absolute atomic E-state index is 3.65. The summed E-state index contributed by atoms with van der Waals surface area (Å²) in [4.78, 5) is 1.43. The first-order chi connectivity index (χ1) is 7.86. The highest BCUT2D eigenvalue weighted by atomic mass is 79.9. The maximum Gasteiger partial charge on any atom is 0.0428 e. The molecule has 1 rings (SSSR count). The number of hydrogen-bond donors (Lipinski definition) is 1. The highest BCUT2D eigenvalue weighted by molar-refractivity contribution is 9.10. The zero-order valence-electron chi connectivity index (χ0n) is 11.5. The Morgan fingerprint density at radius 1 is 1.41 bits per heavy atom. The highest BCUT2D eigenvalue weighted by Crippen LogP contribution is 2.37. The van der Waals surface area contributed by atoms with E-state index in [-0.39, 0.29) is 0 Å². The van der Waals surface area contributed by atoms with Gasteiger partial charge in [-0.2, -0.15) is 0 Å². The van der Waals surface area contributed by atoms with Crippen LogP contribution in [0.15, 0.2) is 15.9 Å². The van der Waals surface area contributed by atoms with Crippen LogP contribution in [0.1, 0.15) is 52.0 Å². The molecule has 3 heteroatoms. The van der Waals surface area contributed by atoms with Crippen molar-refractivity contribution in [3.05, 3.63) is 20.8 Å². The summed E-state index contributed by atoms with van der Waals surface area (Å²) in [5, 5.41) is 5.77. The number of rotatable bonds is 5. The van der Waals surface area contributed by atoms with Gasteiger partial charge in [0.25, 0.3) is 0 Å². The molecule has 0 fully saturated rings. The van der Waals surface area contributed by atoms with Gasteiger partial charge in [-0.3, -0.25) is 0 Å². The highest BCUT2D eigenvalue weighted by Gasteiger charge is 2.25. The fourth-order valence-electron chi connectivity index (χ4n) is 1.79. The third-order valence-corrected chi connectivity index (χ3v) is 5.46. The van der Waals surface area contributed by atoms with Gasteiger partial charge in [-0.25, -0.2) is 0 Å². The molecule has 0 bridgehead atoms. The van der Waals surface area contributed by atoms with Gasteiger partial charge in [0.15, 0.2) is 0 Å². The first kappa shape index (κ1) is 15.2. The molecule has 2 unspecified atom stereocenters. The van der Waals surface area contributed by atoms with Gasteiger partial charge in [0, 0.05) is 15.4 Å². The SMILES string of the molecule is CCNC(CC(C)C(C)(C)C)c1sccc1Br. The lowest BCUT2D eigenvalue weighted by molar-refractivity contribution is 0.224. The molecule has 0 aliphatic rings. The number of halogens is 1. The van der Waals surface area contributed by atoms with E-state index in [1.165, 1.54) is 15.8 Å². The van der Waals surface area contributed by atoms with Gasteiger partial charge in [-0.15, -0.1) is 11.3 Å². The molecule has 0 aliphatic carbocycles. The van der Waals surface area contributed by atoms with Crippen molar-refractivity contribution in [2.75, 3.05) is 6.54 Å². The first-order valence-corrected chi connectivity index (χ1v) is 7.99. The lowest BCUT2D eigenvalue weighted by atomic mass is 9.78. The summed E-state index contributed by atoms with van der Waals surface area (Å²) in [5.41, 5.74) is 0.372. The molecule has 98 valence electrons. The average Bonchev–Trinajstić information content (AvgIpc) is 2.62. The topological polar surface area (TPSA) is 12.0 Å². The van der Waals surface area contributed by atoms with Crippen LogP contribution in [-0.4, -0.2) is 6.54 Å². The van der Waals surface area contributed by atoms with Crippen molar-refractivity contribution in [3.8, 4) is 0 Å². The van der Waals surface area contributed by atoms with Gasteiger partial charge < -0.3 is 5.32 Å². The number of thiophene rings is 1. The van der Waals surface area contributed by atoms with Gasteiger partial charge in [0.05, 0.1) is 0 Å². The van der Waals surface area contributed by atoms with Crippen LogP contribution in [-0.2, 0) is 0 Å². The van der Waals surface area contributed by atoms with Crippen molar-refractivity contribution >= 4 is 27.3 Å². The molecule has 0 aromatic carbocycles. The van der Waals surface area contributed by atoms with E-state index in [9.17, 15) is 0 Å². The monoisotopic (exact) mass is 317 g/mol. The zero-order chi connectivity index (χ0) is 13.1. The van der Waals surface area contributed by atoms with Crippen LogP contribution in [0.4, 0.5) is 0 Å². The smallest absolute Gasteiger partial charge is 0.0428 e. The molecule has 1 heterocycles. The fourth-order valence-corrected chi connectivity index (χ4v) is 3.53. The van der Waals surface area contributed by atoms with Gasteiger partial charge in [0.1, 0.15) is 0 Å². The molecule has 1 aromatic heterocycles. The van der Waals surface area contributed by atoms with Gasteiger partial charge >= 0.3 is 0 Å². The molecule has 0 saturated carbocycles. The Bertz CT molecular complexity index is 340. The van der Waals surface area contributed by atoms with Crippen molar-refractivity contribution in [2.24, 2.45) is 11.3 Å². The van der Waals surface area contributed by atoms with Crippen LogP contribution in [0, 0.1) is 11.3 Å².